The first-order valence-corrected chi connectivity index (χ1v) is 7.59. The maximum absolute atomic E-state index is 6.05. The number of nitrogens with zero attached hydrogens (tertiary/aromatic N) is 3. The Labute approximate surface area is 117 Å². The maximum atomic E-state index is 6.05. The second kappa shape index (κ2) is 7.06. The molecule has 19 heavy (non-hydrogen) atoms. The van der Waals surface area contributed by atoms with Crippen molar-refractivity contribution in [3.05, 3.63) is 18.2 Å². The summed E-state index contributed by atoms with van der Waals surface area (Å²) in [4.78, 5) is 6.82. The molecule has 1 heterocycles. The summed E-state index contributed by atoms with van der Waals surface area (Å²) in [6, 6.07) is 0.495. The van der Waals surface area contributed by atoms with Gasteiger partial charge in [0.2, 0.25) is 0 Å². The van der Waals surface area contributed by atoms with Crippen LogP contribution < -0.4 is 5.73 Å². The minimum Gasteiger partial charge on any atom is -0.337 e. The highest BCUT2D eigenvalue weighted by molar-refractivity contribution is 4.92. The van der Waals surface area contributed by atoms with Gasteiger partial charge in [0.15, 0.2) is 0 Å². The minimum atomic E-state index is 0.495. The normalized spacial score (nSPS) is 19.6. The van der Waals surface area contributed by atoms with Crippen molar-refractivity contribution in [2.75, 3.05) is 13.6 Å². The largest absolute Gasteiger partial charge is 0.337 e. The highest BCUT2D eigenvalue weighted by Gasteiger charge is 2.25. The van der Waals surface area contributed by atoms with Crippen molar-refractivity contribution >= 4 is 0 Å². The van der Waals surface area contributed by atoms with E-state index in [9.17, 15) is 0 Å². The monoisotopic (exact) mass is 264 g/mol. The third-order valence-electron chi connectivity index (χ3n) is 4.56. The van der Waals surface area contributed by atoms with Crippen LogP contribution in [0.2, 0.25) is 0 Å². The number of rotatable bonds is 5. The zero-order chi connectivity index (χ0) is 13.7. The van der Waals surface area contributed by atoms with Gasteiger partial charge in [-0.05, 0) is 25.8 Å². The summed E-state index contributed by atoms with van der Waals surface area (Å²) in [5, 5.41) is 0. The quantitative estimate of drug-likeness (QED) is 0.829. The standard InChI is InChI=1S/C15H28N4/c1-18-10-9-17-15(18)12-19(2)14(11-16)13-7-5-3-4-6-8-13/h9-10,13-14H,3-8,11-12,16H2,1-2H3. The van der Waals surface area contributed by atoms with E-state index in [4.69, 9.17) is 5.73 Å². The molecule has 1 aliphatic rings. The molecule has 2 N–H and O–H groups in total. The van der Waals surface area contributed by atoms with Gasteiger partial charge in [-0.2, -0.15) is 0 Å². The average molecular weight is 264 g/mol. The third kappa shape index (κ3) is 3.80. The number of aryl methyl sites for hydroxylation is 1. The molecule has 2 rings (SSSR count). The molecule has 0 amide bonds. The van der Waals surface area contributed by atoms with Crippen molar-refractivity contribution in [1.82, 2.24) is 14.5 Å². The van der Waals surface area contributed by atoms with E-state index in [0.717, 1.165) is 24.8 Å². The lowest BCUT2D eigenvalue weighted by atomic mass is 9.91. The molecule has 1 aromatic heterocycles. The smallest absolute Gasteiger partial charge is 0.122 e. The number of hydrogen-bond acceptors (Lipinski definition) is 3. The zero-order valence-corrected chi connectivity index (χ0v) is 12.4. The zero-order valence-electron chi connectivity index (χ0n) is 12.4. The number of nitrogens with two attached hydrogens (primary N) is 1. The van der Waals surface area contributed by atoms with Gasteiger partial charge in [0, 0.05) is 32.0 Å². The van der Waals surface area contributed by atoms with Crippen LogP contribution in [0.15, 0.2) is 12.4 Å². The van der Waals surface area contributed by atoms with Crippen LogP contribution >= 0.6 is 0 Å². The van der Waals surface area contributed by atoms with E-state index in [-0.39, 0.29) is 0 Å². The molecule has 1 saturated carbocycles. The second-order valence-corrected chi connectivity index (χ2v) is 5.92. The van der Waals surface area contributed by atoms with Crippen LogP contribution in [0.5, 0.6) is 0 Å². The Morgan fingerprint density at radius 2 is 2.05 bits per heavy atom. The summed E-state index contributed by atoms with van der Waals surface area (Å²) in [6.07, 6.45) is 12.1. The predicted octanol–water partition coefficient (Wildman–Crippen LogP) is 2.15. The lowest BCUT2D eigenvalue weighted by Gasteiger charge is -2.33. The number of imidazole rings is 1. The van der Waals surface area contributed by atoms with Gasteiger partial charge < -0.3 is 10.3 Å². The summed E-state index contributed by atoms with van der Waals surface area (Å²) in [5.74, 6) is 1.88. The molecule has 1 aliphatic carbocycles. The number of hydrogen-bond donors (Lipinski definition) is 1. The van der Waals surface area contributed by atoms with E-state index in [0.29, 0.717) is 6.04 Å². The minimum absolute atomic E-state index is 0.495. The van der Waals surface area contributed by atoms with Crippen molar-refractivity contribution in [3.63, 3.8) is 0 Å². The van der Waals surface area contributed by atoms with E-state index in [1.165, 1.54) is 38.5 Å². The molecule has 0 aliphatic heterocycles. The Balaban J connectivity index is 1.97. The molecule has 108 valence electrons. The van der Waals surface area contributed by atoms with Crippen LogP contribution in [0.1, 0.15) is 44.3 Å². The Hall–Kier alpha value is -0.870. The van der Waals surface area contributed by atoms with Gasteiger partial charge >= 0.3 is 0 Å². The first-order valence-electron chi connectivity index (χ1n) is 7.59. The van der Waals surface area contributed by atoms with Crippen molar-refractivity contribution in [3.8, 4) is 0 Å². The highest BCUT2D eigenvalue weighted by Crippen LogP contribution is 2.27. The molecule has 1 aromatic rings. The van der Waals surface area contributed by atoms with Crippen LogP contribution in [0.4, 0.5) is 0 Å². The fourth-order valence-corrected chi connectivity index (χ4v) is 3.32. The van der Waals surface area contributed by atoms with Gasteiger partial charge in [-0.25, -0.2) is 4.98 Å². The number of aromatic nitrogens is 2. The van der Waals surface area contributed by atoms with Crippen molar-refractivity contribution < 1.29 is 0 Å². The van der Waals surface area contributed by atoms with Gasteiger partial charge in [0.1, 0.15) is 5.82 Å². The maximum Gasteiger partial charge on any atom is 0.122 e. The number of likely N-dealkylation sites (N-methyl/N-ethyl adjacent to an activating group) is 1. The SMILES string of the molecule is CN(Cc1nccn1C)C(CN)C1CCCCCC1. The fourth-order valence-electron chi connectivity index (χ4n) is 3.32. The summed E-state index contributed by atoms with van der Waals surface area (Å²) in [7, 11) is 4.25. The van der Waals surface area contributed by atoms with E-state index in [1.54, 1.807) is 0 Å². The summed E-state index contributed by atoms with van der Waals surface area (Å²) in [6.45, 7) is 1.65. The van der Waals surface area contributed by atoms with Crippen molar-refractivity contribution in [1.29, 1.82) is 0 Å². The van der Waals surface area contributed by atoms with Crippen molar-refractivity contribution in [2.24, 2.45) is 18.7 Å². The van der Waals surface area contributed by atoms with Gasteiger partial charge in [-0.15, -0.1) is 0 Å². The molecule has 1 unspecified atom stereocenters. The van der Waals surface area contributed by atoms with Crippen LogP contribution in [0.25, 0.3) is 0 Å². The molecule has 1 atom stereocenters. The van der Waals surface area contributed by atoms with Gasteiger partial charge in [-0.1, -0.05) is 25.7 Å². The van der Waals surface area contributed by atoms with Crippen molar-refractivity contribution in [2.45, 2.75) is 51.1 Å². The Morgan fingerprint density at radius 1 is 1.37 bits per heavy atom. The van der Waals surface area contributed by atoms with Crippen LogP contribution in [-0.4, -0.2) is 34.1 Å². The highest BCUT2D eigenvalue weighted by atomic mass is 15.2. The van der Waals surface area contributed by atoms with Gasteiger partial charge in [0.25, 0.3) is 0 Å². The third-order valence-corrected chi connectivity index (χ3v) is 4.56. The molecule has 0 bridgehead atoms. The molecule has 0 saturated heterocycles. The average Bonchev–Trinajstić information content (AvgIpc) is 2.66. The molecule has 0 radical (unpaired) electrons. The van der Waals surface area contributed by atoms with E-state index in [1.807, 2.05) is 12.4 Å². The van der Waals surface area contributed by atoms with Crippen LogP contribution in [0.3, 0.4) is 0 Å². The molecular formula is C15H28N4. The molecule has 4 nitrogen and oxygen atoms in total. The predicted molar refractivity (Wildman–Crippen MR) is 78.7 cm³/mol. The molecular weight excluding hydrogens is 236 g/mol. The first-order chi connectivity index (χ1) is 9.22. The molecule has 1 fully saturated rings. The van der Waals surface area contributed by atoms with Crippen LogP contribution in [0, 0.1) is 5.92 Å². The topological polar surface area (TPSA) is 47.1 Å². The van der Waals surface area contributed by atoms with E-state index >= 15 is 0 Å². The lowest BCUT2D eigenvalue weighted by Crippen LogP contribution is -2.43. The Morgan fingerprint density at radius 3 is 2.58 bits per heavy atom. The lowest BCUT2D eigenvalue weighted by molar-refractivity contribution is 0.156. The molecule has 0 aromatic carbocycles. The molecule has 0 spiro atoms. The van der Waals surface area contributed by atoms with E-state index in [2.05, 4.69) is 28.5 Å². The summed E-state index contributed by atoms with van der Waals surface area (Å²) >= 11 is 0. The summed E-state index contributed by atoms with van der Waals surface area (Å²) < 4.78 is 2.09. The van der Waals surface area contributed by atoms with Gasteiger partial charge in [-0.3, -0.25) is 4.90 Å². The second-order valence-electron chi connectivity index (χ2n) is 5.92. The fraction of sp³-hybridized carbons (Fsp3) is 0.800. The van der Waals surface area contributed by atoms with E-state index < -0.39 is 0 Å². The molecule has 4 heteroatoms. The first kappa shape index (κ1) is 14.5. The van der Waals surface area contributed by atoms with Gasteiger partial charge in [0.05, 0.1) is 6.54 Å². The summed E-state index contributed by atoms with van der Waals surface area (Å²) in [5.41, 5.74) is 6.05. The Bertz CT molecular complexity index is 366. The van der Waals surface area contributed by atoms with Crippen LogP contribution in [-0.2, 0) is 13.6 Å². The Kier molecular flexibility index (Phi) is 5.40.